The monoisotopic (exact) mass is 127 g/mol. The largest absolute Gasteiger partial charge is 0.317 e. The average molecular weight is 127 g/mol. The molecule has 0 aliphatic heterocycles. The van der Waals surface area contributed by atoms with Crippen LogP contribution in [0.15, 0.2) is 12.7 Å². The molecule has 0 radical (unpaired) electrons. The van der Waals surface area contributed by atoms with Gasteiger partial charge in [0, 0.05) is 6.04 Å². The maximum atomic E-state index is 3.67. The van der Waals surface area contributed by atoms with E-state index in [1.807, 2.05) is 13.1 Å². The van der Waals surface area contributed by atoms with Crippen molar-refractivity contribution in [2.45, 2.75) is 32.2 Å². The van der Waals surface area contributed by atoms with E-state index in [2.05, 4.69) is 18.8 Å². The molecule has 0 saturated carbocycles. The molecule has 1 nitrogen and oxygen atoms in total. The van der Waals surface area contributed by atoms with Gasteiger partial charge in [-0.25, -0.2) is 0 Å². The highest BCUT2D eigenvalue weighted by Crippen LogP contribution is 1.99. The van der Waals surface area contributed by atoms with Crippen molar-refractivity contribution >= 4 is 0 Å². The molecule has 9 heavy (non-hydrogen) atoms. The minimum atomic E-state index is 0.683. The van der Waals surface area contributed by atoms with Crippen molar-refractivity contribution in [1.29, 1.82) is 0 Å². The van der Waals surface area contributed by atoms with Crippen molar-refractivity contribution in [3.05, 3.63) is 12.7 Å². The summed E-state index contributed by atoms with van der Waals surface area (Å²) >= 11 is 0. The molecule has 0 aliphatic carbocycles. The SMILES string of the molecule is C=CCC[C@H](CC)NC. The van der Waals surface area contributed by atoms with Crippen LogP contribution in [0.25, 0.3) is 0 Å². The highest BCUT2D eigenvalue weighted by atomic mass is 14.9. The minimum Gasteiger partial charge on any atom is -0.317 e. The van der Waals surface area contributed by atoms with Gasteiger partial charge in [0.15, 0.2) is 0 Å². The Labute approximate surface area is 58.2 Å². The molecule has 0 rings (SSSR count). The maximum Gasteiger partial charge on any atom is 0.00643 e. The van der Waals surface area contributed by atoms with Crippen LogP contribution in [0.1, 0.15) is 26.2 Å². The van der Waals surface area contributed by atoms with Gasteiger partial charge in [-0.1, -0.05) is 13.0 Å². The summed E-state index contributed by atoms with van der Waals surface area (Å²) < 4.78 is 0. The molecular weight excluding hydrogens is 110 g/mol. The Morgan fingerprint density at radius 1 is 1.67 bits per heavy atom. The van der Waals surface area contributed by atoms with E-state index in [0.717, 1.165) is 6.42 Å². The number of allylic oxidation sites excluding steroid dienone is 1. The first-order valence-electron chi connectivity index (χ1n) is 3.63. The van der Waals surface area contributed by atoms with E-state index in [9.17, 15) is 0 Å². The number of rotatable bonds is 5. The number of hydrogen-bond acceptors (Lipinski definition) is 1. The Morgan fingerprint density at radius 3 is 2.67 bits per heavy atom. The van der Waals surface area contributed by atoms with Gasteiger partial charge in [0.05, 0.1) is 0 Å². The maximum absolute atomic E-state index is 3.67. The standard InChI is InChI=1S/C8H17N/c1-4-6-7-8(5-2)9-3/h4,8-9H,1,5-7H2,2-3H3/t8-/m0/s1. The van der Waals surface area contributed by atoms with Crippen molar-refractivity contribution in [2.24, 2.45) is 0 Å². The molecule has 0 bridgehead atoms. The summed E-state index contributed by atoms with van der Waals surface area (Å²) in [6, 6.07) is 0.683. The van der Waals surface area contributed by atoms with Gasteiger partial charge in [-0.2, -0.15) is 0 Å². The molecule has 0 fully saturated rings. The first kappa shape index (κ1) is 8.70. The predicted octanol–water partition coefficient (Wildman–Crippen LogP) is 1.95. The highest BCUT2D eigenvalue weighted by Gasteiger charge is 1.98. The number of hydrogen-bond donors (Lipinski definition) is 1. The Balaban J connectivity index is 3.19. The van der Waals surface area contributed by atoms with Crippen molar-refractivity contribution < 1.29 is 0 Å². The van der Waals surface area contributed by atoms with E-state index >= 15 is 0 Å². The second-order valence-corrected chi connectivity index (χ2v) is 2.26. The van der Waals surface area contributed by atoms with E-state index in [1.54, 1.807) is 0 Å². The van der Waals surface area contributed by atoms with Crippen LogP contribution < -0.4 is 5.32 Å². The Morgan fingerprint density at radius 2 is 2.33 bits per heavy atom. The molecule has 0 heterocycles. The smallest absolute Gasteiger partial charge is 0.00643 e. The van der Waals surface area contributed by atoms with Gasteiger partial charge in [-0.05, 0) is 26.3 Å². The first-order valence-corrected chi connectivity index (χ1v) is 3.63. The molecule has 0 aromatic rings. The molecule has 0 saturated heterocycles. The fourth-order valence-electron chi connectivity index (χ4n) is 0.872. The third kappa shape index (κ3) is 4.22. The fourth-order valence-corrected chi connectivity index (χ4v) is 0.872. The quantitative estimate of drug-likeness (QED) is 0.557. The van der Waals surface area contributed by atoms with Gasteiger partial charge in [-0.15, -0.1) is 6.58 Å². The van der Waals surface area contributed by atoms with E-state index in [0.29, 0.717) is 6.04 Å². The summed E-state index contributed by atoms with van der Waals surface area (Å²) in [6.45, 7) is 5.87. The lowest BCUT2D eigenvalue weighted by Crippen LogP contribution is -2.23. The highest BCUT2D eigenvalue weighted by molar-refractivity contribution is 4.71. The van der Waals surface area contributed by atoms with Crippen molar-refractivity contribution in [2.75, 3.05) is 7.05 Å². The second-order valence-electron chi connectivity index (χ2n) is 2.26. The third-order valence-electron chi connectivity index (χ3n) is 1.62. The van der Waals surface area contributed by atoms with Crippen molar-refractivity contribution in [3.8, 4) is 0 Å². The molecule has 0 unspecified atom stereocenters. The average Bonchev–Trinajstić information content (AvgIpc) is 1.91. The van der Waals surface area contributed by atoms with Crippen LogP contribution in [-0.4, -0.2) is 13.1 Å². The zero-order valence-corrected chi connectivity index (χ0v) is 6.48. The van der Waals surface area contributed by atoms with Gasteiger partial charge in [0.1, 0.15) is 0 Å². The Kier molecular flexibility index (Phi) is 5.64. The second kappa shape index (κ2) is 5.83. The first-order chi connectivity index (χ1) is 4.35. The van der Waals surface area contributed by atoms with Gasteiger partial charge in [0.25, 0.3) is 0 Å². The van der Waals surface area contributed by atoms with Crippen LogP contribution in [0.3, 0.4) is 0 Å². The summed E-state index contributed by atoms with van der Waals surface area (Å²) in [5.74, 6) is 0. The Bertz CT molecular complexity index is 65.0. The lowest BCUT2D eigenvalue weighted by atomic mass is 10.1. The summed E-state index contributed by atoms with van der Waals surface area (Å²) in [5, 5.41) is 3.24. The zero-order valence-electron chi connectivity index (χ0n) is 6.48. The van der Waals surface area contributed by atoms with Crippen LogP contribution in [-0.2, 0) is 0 Å². The molecule has 0 spiro atoms. The molecule has 1 atom stereocenters. The van der Waals surface area contributed by atoms with Crippen molar-refractivity contribution in [1.82, 2.24) is 5.32 Å². The van der Waals surface area contributed by atoms with Gasteiger partial charge >= 0.3 is 0 Å². The van der Waals surface area contributed by atoms with E-state index in [1.165, 1.54) is 12.8 Å². The summed E-state index contributed by atoms with van der Waals surface area (Å²) in [7, 11) is 2.01. The van der Waals surface area contributed by atoms with E-state index < -0.39 is 0 Å². The molecular formula is C8H17N. The molecule has 54 valence electrons. The molecule has 1 N–H and O–H groups in total. The molecule has 0 aliphatic rings. The molecule has 0 aromatic carbocycles. The van der Waals surface area contributed by atoms with Crippen LogP contribution in [0, 0.1) is 0 Å². The number of nitrogens with one attached hydrogen (secondary N) is 1. The van der Waals surface area contributed by atoms with Crippen LogP contribution in [0.5, 0.6) is 0 Å². The van der Waals surface area contributed by atoms with Crippen LogP contribution in [0.2, 0.25) is 0 Å². The minimum absolute atomic E-state index is 0.683. The molecule has 1 heteroatoms. The predicted molar refractivity (Wildman–Crippen MR) is 42.6 cm³/mol. The van der Waals surface area contributed by atoms with Crippen LogP contribution in [0.4, 0.5) is 0 Å². The van der Waals surface area contributed by atoms with Gasteiger partial charge in [-0.3, -0.25) is 0 Å². The summed E-state index contributed by atoms with van der Waals surface area (Å²) in [6.07, 6.45) is 5.53. The summed E-state index contributed by atoms with van der Waals surface area (Å²) in [5.41, 5.74) is 0. The lowest BCUT2D eigenvalue weighted by Gasteiger charge is -2.10. The van der Waals surface area contributed by atoms with Crippen LogP contribution >= 0.6 is 0 Å². The zero-order chi connectivity index (χ0) is 7.11. The summed E-state index contributed by atoms with van der Waals surface area (Å²) in [4.78, 5) is 0. The van der Waals surface area contributed by atoms with Crippen molar-refractivity contribution in [3.63, 3.8) is 0 Å². The van der Waals surface area contributed by atoms with Gasteiger partial charge < -0.3 is 5.32 Å². The fraction of sp³-hybridized carbons (Fsp3) is 0.750. The van der Waals surface area contributed by atoms with Gasteiger partial charge in [0.2, 0.25) is 0 Å². The van der Waals surface area contributed by atoms with E-state index in [4.69, 9.17) is 0 Å². The lowest BCUT2D eigenvalue weighted by molar-refractivity contribution is 0.513. The molecule has 0 amide bonds. The topological polar surface area (TPSA) is 12.0 Å². The third-order valence-corrected chi connectivity index (χ3v) is 1.62. The van der Waals surface area contributed by atoms with E-state index in [-0.39, 0.29) is 0 Å². The molecule has 0 aromatic heterocycles. The Hall–Kier alpha value is -0.300. The normalized spacial score (nSPS) is 13.1.